The van der Waals surface area contributed by atoms with Gasteiger partial charge in [-0.05, 0) is 37.6 Å². The summed E-state index contributed by atoms with van der Waals surface area (Å²) in [6.07, 6.45) is 1.14. The van der Waals surface area contributed by atoms with Gasteiger partial charge in [-0.1, -0.05) is 76.7 Å². The second kappa shape index (κ2) is 17.7. The van der Waals surface area contributed by atoms with Gasteiger partial charge in [0.25, 0.3) is 0 Å². The molecule has 0 nitrogen and oxygen atoms in total. The Kier molecular flexibility index (Phi) is 22.5. The minimum absolute atomic E-state index is 1.00. The van der Waals surface area contributed by atoms with Gasteiger partial charge >= 0.3 is 0 Å². The van der Waals surface area contributed by atoms with Gasteiger partial charge in [0.15, 0.2) is 0 Å². The van der Waals surface area contributed by atoms with Gasteiger partial charge in [-0.25, -0.2) is 0 Å². The first-order valence-corrected chi connectivity index (χ1v) is 6.99. The number of thiocarbonyl (C=S) groups is 1. The molecule has 17 heavy (non-hydrogen) atoms. The third-order valence-corrected chi connectivity index (χ3v) is 1.53. The number of benzene rings is 1. The van der Waals surface area contributed by atoms with Crippen molar-refractivity contribution in [1.82, 2.24) is 0 Å². The summed E-state index contributed by atoms with van der Waals surface area (Å²) in [4.78, 5) is 1.00. The molecule has 0 saturated carbocycles. The summed E-state index contributed by atoms with van der Waals surface area (Å²) >= 11 is 4.54. The molecule has 1 aromatic rings. The molecule has 1 rings (SSSR count). The number of aryl methyl sites for hydroxylation is 2. The van der Waals surface area contributed by atoms with Gasteiger partial charge in [-0.15, -0.1) is 0 Å². The van der Waals surface area contributed by atoms with E-state index in [0.29, 0.717) is 0 Å². The molecule has 0 aromatic heterocycles. The molecule has 0 bridgehead atoms. The van der Waals surface area contributed by atoms with Gasteiger partial charge in [0.2, 0.25) is 0 Å². The lowest BCUT2D eigenvalue weighted by molar-refractivity contribution is 1.14. The van der Waals surface area contributed by atoms with Crippen LogP contribution in [0.2, 0.25) is 0 Å². The van der Waals surface area contributed by atoms with Crippen molar-refractivity contribution >= 4 is 17.1 Å². The van der Waals surface area contributed by atoms with Crippen LogP contribution in [0.25, 0.3) is 0 Å². The molecule has 1 aromatic carbocycles. The molecule has 0 spiro atoms. The summed E-state index contributed by atoms with van der Waals surface area (Å²) in [5.74, 6) is 0. The van der Waals surface area contributed by atoms with Gasteiger partial charge in [-0.2, -0.15) is 0 Å². The molecular weight excluding hydrogens is 224 g/mol. The average Bonchev–Trinajstić information content (AvgIpc) is 2.34. The highest BCUT2D eigenvalue weighted by Crippen LogP contribution is 2.02. The van der Waals surface area contributed by atoms with Crippen LogP contribution < -0.4 is 0 Å². The molecule has 0 N–H and O–H groups in total. The van der Waals surface area contributed by atoms with E-state index < -0.39 is 0 Å². The highest BCUT2D eigenvalue weighted by Gasteiger charge is 1.84. The normalized spacial score (nSPS) is 7.29. The van der Waals surface area contributed by atoms with Gasteiger partial charge in [-0.3, -0.25) is 0 Å². The predicted molar refractivity (Wildman–Crippen MR) is 87.2 cm³/mol. The number of rotatable bonds is 1. The Labute approximate surface area is 114 Å². The maximum Gasteiger partial charge on any atom is -0.0133 e. The zero-order valence-corrected chi connectivity index (χ0v) is 13.7. The maximum absolute atomic E-state index is 4.54. The molecule has 0 aliphatic carbocycles. The van der Waals surface area contributed by atoms with Crippen molar-refractivity contribution in [2.24, 2.45) is 0 Å². The summed E-state index contributed by atoms with van der Waals surface area (Å²) in [5.41, 5.74) is 2.76. The minimum Gasteiger partial charge on any atom is -0.0903 e. The topological polar surface area (TPSA) is 0 Å². The smallest absolute Gasteiger partial charge is 0.0133 e. The SMILES string of the molecule is CC.CC.CC(C)=S.CCc1ccc(C)cc1. The van der Waals surface area contributed by atoms with E-state index in [1.807, 2.05) is 41.5 Å². The Bertz CT molecular complexity index is 243. The van der Waals surface area contributed by atoms with Crippen LogP contribution in [0.4, 0.5) is 0 Å². The summed E-state index contributed by atoms with van der Waals surface area (Å²) in [6.45, 7) is 16.1. The lowest BCUT2D eigenvalue weighted by atomic mass is 10.1. The van der Waals surface area contributed by atoms with Crippen molar-refractivity contribution in [3.8, 4) is 0 Å². The molecule has 0 atom stereocenters. The second-order valence-corrected chi connectivity index (χ2v) is 4.06. The zero-order valence-electron chi connectivity index (χ0n) is 12.9. The first kappa shape index (κ1) is 21.6. The molecule has 100 valence electrons. The molecule has 0 unspecified atom stereocenters. The van der Waals surface area contributed by atoms with E-state index in [1.54, 1.807) is 0 Å². The van der Waals surface area contributed by atoms with Crippen LogP contribution in [0.5, 0.6) is 0 Å². The highest BCUT2D eigenvalue weighted by atomic mass is 32.1. The quantitative estimate of drug-likeness (QED) is 0.553. The molecule has 0 radical (unpaired) electrons. The van der Waals surface area contributed by atoms with Crippen molar-refractivity contribution in [1.29, 1.82) is 0 Å². The third kappa shape index (κ3) is 21.2. The first-order chi connectivity index (χ1) is 8.06. The van der Waals surface area contributed by atoms with Crippen LogP contribution in [0, 0.1) is 6.92 Å². The molecular formula is C16H30S. The van der Waals surface area contributed by atoms with Crippen LogP contribution >= 0.6 is 12.2 Å². The molecule has 1 heteroatoms. The van der Waals surface area contributed by atoms with Crippen LogP contribution in [-0.4, -0.2) is 4.86 Å². The molecule has 0 aliphatic heterocycles. The highest BCUT2D eigenvalue weighted by molar-refractivity contribution is 7.80. The summed E-state index contributed by atoms with van der Waals surface area (Å²) < 4.78 is 0. The van der Waals surface area contributed by atoms with E-state index in [4.69, 9.17) is 0 Å². The average molecular weight is 254 g/mol. The van der Waals surface area contributed by atoms with E-state index in [2.05, 4.69) is 50.3 Å². The fourth-order valence-corrected chi connectivity index (χ4v) is 0.824. The lowest BCUT2D eigenvalue weighted by Gasteiger charge is -1.94. The van der Waals surface area contributed by atoms with Crippen molar-refractivity contribution in [3.05, 3.63) is 35.4 Å². The fraction of sp³-hybridized carbons (Fsp3) is 0.562. The Morgan fingerprint density at radius 2 is 1.24 bits per heavy atom. The molecule has 0 saturated heterocycles. The van der Waals surface area contributed by atoms with Crippen molar-refractivity contribution in [3.63, 3.8) is 0 Å². The number of hydrogen-bond donors (Lipinski definition) is 0. The van der Waals surface area contributed by atoms with E-state index in [0.717, 1.165) is 11.3 Å². The first-order valence-electron chi connectivity index (χ1n) is 6.59. The molecule has 0 amide bonds. The second-order valence-electron chi connectivity index (χ2n) is 3.25. The largest absolute Gasteiger partial charge is 0.0903 e. The van der Waals surface area contributed by atoms with Crippen molar-refractivity contribution in [2.75, 3.05) is 0 Å². The van der Waals surface area contributed by atoms with E-state index >= 15 is 0 Å². The van der Waals surface area contributed by atoms with Gasteiger partial charge in [0.05, 0.1) is 0 Å². The zero-order chi connectivity index (χ0) is 14.3. The minimum atomic E-state index is 1.00. The van der Waals surface area contributed by atoms with E-state index in [-0.39, 0.29) is 0 Å². The van der Waals surface area contributed by atoms with Crippen LogP contribution in [0.1, 0.15) is 59.6 Å². The third-order valence-electron chi connectivity index (χ3n) is 1.53. The number of hydrogen-bond acceptors (Lipinski definition) is 1. The predicted octanol–water partition coefficient (Wildman–Crippen LogP) is 6.01. The summed E-state index contributed by atoms with van der Waals surface area (Å²) in [6, 6.07) is 8.66. The van der Waals surface area contributed by atoms with E-state index in [9.17, 15) is 0 Å². The van der Waals surface area contributed by atoms with Crippen LogP contribution in [0.3, 0.4) is 0 Å². The summed E-state index contributed by atoms with van der Waals surface area (Å²) in [5, 5.41) is 0. The van der Waals surface area contributed by atoms with Crippen molar-refractivity contribution < 1.29 is 0 Å². The Balaban J connectivity index is -0.000000208. The van der Waals surface area contributed by atoms with Gasteiger partial charge in [0, 0.05) is 0 Å². The molecule has 0 aliphatic rings. The lowest BCUT2D eigenvalue weighted by Crippen LogP contribution is -1.77. The Morgan fingerprint density at radius 1 is 0.941 bits per heavy atom. The van der Waals surface area contributed by atoms with Gasteiger partial charge in [0.1, 0.15) is 0 Å². The fourth-order valence-electron chi connectivity index (χ4n) is 0.824. The molecule has 0 fully saturated rings. The Hall–Kier alpha value is -0.690. The Morgan fingerprint density at radius 3 is 1.47 bits per heavy atom. The van der Waals surface area contributed by atoms with Crippen LogP contribution in [-0.2, 0) is 6.42 Å². The van der Waals surface area contributed by atoms with Crippen LogP contribution in [0.15, 0.2) is 24.3 Å². The van der Waals surface area contributed by atoms with Gasteiger partial charge < -0.3 is 0 Å². The molecule has 0 heterocycles. The summed E-state index contributed by atoms with van der Waals surface area (Å²) in [7, 11) is 0. The van der Waals surface area contributed by atoms with Crippen molar-refractivity contribution in [2.45, 2.75) is 61.8 Å². The monoisotopic (exact) mass is 254 g/mol. The van der Waals surface area contributed by atoms with E-state index in [1.165, 1.54) is 11.1 Å². The maximum atomic E-state index is 4.54. The standard InChI is InChI=1S/C9H12.C3H6S.2C2H6/c1-3-9-6-4-8(2)5-7-9;1-3(2)4;2*1-2/h4-7H,3H2,1-2H3;1-2H3;2*1-2H3.